The number of carboxylic acid groups (broad SMARTS) is 1. The highest BCUT2D eigenvalue weighted by Gasteiger charge is 2.24. The topological polar surface area (TPSA) is 122 Å². The first-order valence-electron chi connectivity index (χ1n) is 12.5. The lowest BCUT2D eigenvalue weighted by Crippen LogP contribution is -2.25. The van der Waals surface area contributed by atoms with Gasteiger partial charge < -0.3 is 20.5 Å². The number of aromatic carboxylic acids is 1. The molecule has 9 heteroatoms. The van der Waals surface area contributed by atoms with Gasteiger partial charge in [0.15, 0.2) is 0 Å². The maximum Gasteiger partial charge on any atom is 0.341 e. The highest BCUT2D eigenvalue weighted by atomic mass is 32.2. The molecule has 8 nitrogen and oxygen atoms in total. The third-order valence-electron chi connectivity index (χ3n) is 5.36. The molecule has 3 aromatic rings. The van der Waals surface area contributed by atoms with Crippen LogP contribution in [0.3, 0.4) is 0 Å². The predicted octanol–water partition coefficient (Wildman–Crippen LogP) is 6.63. The summed E-state index contributed by atoms with van der Waals surface area (Å²) in [6.45, 7) is 5.35. The molecule has 0 saturated heterocycles. The number of unbranched alkanes of at least 4 members (excludes halogenated alkanes) is 1. The second-order valence-corrected chi connectivity index (χ2v) is 10.9. The third kappa shape index (κ3) is 9.30. The second-order valence-electron chi connectivity index (χ2n) is 9.75. The van der Waals surface area contributed by atoms with Crippen LogP contribution in [-0.4, -0.2) is 34.5 Å². The summed E-state index contributed by atoms with van der Waals surface area (Å²) in [6, 6.07) is 21.0. The van der Waals surface area contributed by atoms with Crippen LogP contribution < -0.4 is 10.6 Å². The van der Waals surface area contributed by atoms with Gasteiger partial charge in [-0.1, -0.05) is 48.2 Å². The smallest absolute Gasteiger partial charge is 0.341 e. The van der Waals surface area contributed by atoms with Crippen LogP contribution in [0.1, 0.15) is 67.2 Å². The van der Waals surface area contributed by atoms with Gasteiger partial charge >= 0.3 is 11.9 Å². The molecule has 0 aliphatic heterocycles. The van der Waals surface area contributed by atoms with Gasteiger partial charge in [-0.15, -0.1) is 0 Å². The normalized spacial score (nSPS) is 10.9. The highest BCUT2D eigenvalue weighted by Crippen LogP contribution is 2.35. The Morgan fingerprint density at radius 1 is 0.769 bits per heavy atom. The summed E-state index contributed by atoms with van der Waals surface area (Å²) < 4.78 is 5.64. The van der Waals surface area contributed by atoms with E-state index in [0.29, 0.717) is 23.4 Å². The van der Waals surface area contributed by atoms with E-state index in [2.05, 4.69) is 10.6 Å². The van der Waals surface area contributed by atoms with Crippen molar-refractivity contribution in [1.82, 2.24) is 0 Å². The van der Waals surface area contributed by atoms with E-state index in [1.165, 1.54) is 23.9 Å². The zero-order chi connectivity index (χ0) is 28.4. The SMILES string of the molecule is CC(C)(C)OC(=O)c1c(NC(=O)CCCCC(=O)Nc2ccccc2C(=O)O)cccc1Sc1ccccc1. The molecule has 0 unspecified atom stereocenters. The molecule has 0 fully saturated rings. The van der Waals surface area contributed by atoms with E-state index < -0.39 is 17.5 Å². The molecule has 0 aliphatic carbocycles. The van der Waals surface area contributed by atoms with Gasteiger partial charge in [-0.05, 0) is 70.0 Å². The summed E-state index contributed by atoms with van der Waals surface area (Å²) in [5.41, 5.74) is 0.174. The fourth-order valence-corrected chi connectivity index (χ4v) is 4.64. The fourth-order valence-electron chi connectivity index (χ4n) is 3.65. The van der Waals surface area contributed by atoms with Crippen molar-refractivity contribution in [2.24, 2.45) is 0 Å². The molecule has 3 N–H and O–H groups in total. The van der Waals surface area contributed by atoms with E-state index in [9.17, 15) is 24.3 Å². The fraction of sp³-hybridized carbons (Fsp3) is 0.267. The quantitative estimate of drug-likeness (QED) is 0.182. The number of benzene rings is 3. The van der Waals surface area contributed by atoms with Crippen molar-refractivity contribution in [3.63, 3.8) is 0 Å². The summed E-state index contributed by atoms with van der Waals surface area (Å²) in [7, 11) is 0. The number of nitrogens with one attached hydrogen (secondary N) is 2. The number of rotatable bonds is 11. The molecule has 0 atom stereocenters. The zero-order valence-electron chi connectivity index (χ0n) is 22.2. The molecule has 0 radical (unpaired) electrons. The van der Waals surface area contributed by atoms with Gasteiger partial charge in [0.25, 0.3) is 0 Å². The minimum atomic E-state index is -1.13. The molecule has 204 valence electrons. The molecule has 0 saturated carbocycles. The number of hydrogen-bond acceptors (Lipinski definition) is 6. The standard InChI is InChI=1S/C30H32N2O6S/c1-30(2,3)38-29(37)27-23(16-11-17-24(27)39-20-12-5-4-6-13-20)32-26(34)19-10-9-18-25(33)31-22-15-8-7-14-21(22)28(35)36/h4-8,11-17H,9-10,18-19H2,1-3H3,(H,31,33)(H,32,34)(H,35,36). The number of ether oxygens (including phenoxy) is 1. The van der Waals surface area contributed by atoms with Gasteiger partial charge in [0, 0.05) is 22.6 Å². The number of esters is 1. The lowest BCUT2D eigenvalue weighted by molar-refractivity contribution is -0.118. The van der Waals surface area contributed by atoms with Crippen LogP contribution in [0, 0.1) is 0 Å². The highest BCUT2D eigenvalue weighted by molar-refractivity contribution is 7.99. The van der Waals surface area contributed by atoms with Gasteiger partial charge in [-0.2, -0.15) is 0 Å². The van der Waals surface area contributed by atoms with Crippen LogP contribution in [0.5, 0.6) is 0 Å². The summed E-state index contributed by atoms with van der Waals surface area (Å²) in [5.74, 6) is -2.28. The van der Waals surface area contributed by atoms with Crippen molar-refractivity contribution in [3.05, 3.63) is 83.9 Å². The largest absolute Gasteiger partial charge is 0.478 e. The van der Waals surface area contributed by atoms with Gasteiger partial charge in [-0.25, -0.2) is 9.59 Å². The average molecular weight is 549 g/mol. The first kappa shape index (κ1) is 29.4. The predicted molar refractivity (Wildman–Crippen MR) is 151 cm³/mol. The molecular weight excluding hydrogens is 516 g/mol. The molecule has 0 aliphatic rings. The van der Waals surface area contributed by atoms with Crippen LogP contribution >= 0.6 is 11.8 Å². The minimum absolute atomic E-state index is 0.0127. The Labute approximate surface area is 232 Å². The Morgan fingerprint density at radius 2 is 1.33 bits per heavy atom. The Bertz CT molecular complexity index is 1330. The van der Waals surface area contributed by atoms with E-state index in [-0.39, 0.29) is 41.5 Å². The molecular formula is C30H32N2O6S. The van der Waals surface area contributed by atoms with Gasteiger partial charge in [-0.3, -0.25) is 9.59 Å². The Hall–Kier alpha value is -4.11. The molecule has 0 spiro atoms. The molecule has 0 heterocycles. The van der Waals surface area contributed by atoms with Crippen molar-refractivity contribution in [3.8, 4) is 0 Å². The summed E-state index contributed by atoms with van der Waals surface area (Å²) in [4.78, 5) is 51.1. The van der Waals surface area contributed by atoms with Crippen LogP contribution in [0.4, 0.5) is 11.4 Å². The van der Waals surface area contributed by atoms with E-state index in [4.69, 9.17) is 4.74 Å². The summed E-state index contributed by atoms with van der Waals surface area (Å²) in [5, 5.41) is 14.7. The van der Waals surface area contributed by atoms with Crippen LogP contribution in [0.15, 0.2) is 82.6 Å². The van der Waals surface area contributed by atoms with Crippen LogP contribution in [0.2, 0.25) is 0 Å². The van der Waals surface area contributed by atoms with Gasteiger partial charge in [0.1, 0.15) is 5.60 Å². The Morgan fingerprint density at radius 3 is 1.95 bits per heavy atom. The van der Waals surface area contributed by atoms with Gasteiger partial charge in [0.05, 0.1) is 22.5 Å². The number of carbonyl (C=O) groups excluding carboxylic acids is 3. The number of amides is 2. The monoisotopic (exact) mass is 548 g/mol. The third-order valence-corrected chi connectivity index (χ3v) is 6.43. The van der Waals surface area contributed by atoms with Crippen molar-refractivity contribution in [2.45, 2.75) is 61.8 Å². The van der Waals surface area contributed by atoms with E-state index in [0.717, 1.165) is 4.90 Å². The zero-order valence-corrected chi connectivity index (χ0v) is 23.0. The maximum atomic E-state index is 13.2. The summed E-state index contributed by atoms with van der Waals surface area (Å²) in [6.07, 6.45) is 1.13. The Kier molecular flexibility index (Phi) is 10.3. The van der Waals surface area contributed by atoms with E-state index in [1.54, 1.807) is 45.0 Å². The molecule has 0 aromatic heterocycles. The van der Waals surface area contributed by atoms with E-state index >= 15 is 0 Å². The lowest BCUT2D eigenvalue weighted by atomic mass is 10.1. The molecule has 3 rings (SSSR count). The van der Waals surface area contributed by atoms with Crippen molar-refractivity contribution >= 4 is 46.9 Å². The van der Waals surface area contributed by atoms with Crippen molar-refractivity contribution in [1.29, 1.82) is 0 Å². The second kappa shape index (κ2) is 13.6. The number of para-hydroxylation sites is 1. The first-order valence-corrected chi connectivity index (χ1v) is 13.4. The number of hydrogen-bond donors (Lipinski definition) is 3. The lowest BCUT2D eigenvalue weighted by Gasteiger charge is -2.22. The van der Waals surface area contributed by atoms with Gasteiger partial charge in [0.2, 0.25) is 11.8 Å². The van der Waals surface area contributed by atoms with Crippen LogP contribution in [0.25, 0.3) is 0 Å². The average Bonchev–Trinajstić information content (AvgIpc) is 2.86. The number of carboxylic acids is 1. The van der Waals surface area contributed by atoms with Crippen LogP contribution in [-0.2, 0) is 14.3 Å². The molecule has 2 amide bonds. The molecule has 0 bridgehead atoms. The number of carbonyl (C=O) groups is 4. The summed E-state index contributed by atoms with van der Waals surface area (Å²) >= 11 is 1.40. The molecule has 39 heavy (non-hydrogen) atoms. The number of anilines is 2. The van der Waals surface area contributed by atoms with E-state index in [1.807, 2.05) is 36.4 Å². The first-order chi connectivity index (χ1) is 18.5. The van der Waals surface area contributed by atoms with Crippen molar-refractivity contribution < 1.29 is 29.0 Å². The minimum Gasteiger partial charge on any atom is -0.478 e. The Balaban J connectivity index is 1.62. The molecule has 3 aromatic carbocycles. The van der Waals surface area contributed by atoms with Crippen molar-refractivity contribution in [2.75, 3.05) is 10.6 Å². The maximum absolute atomic E-state index is 13.2.